The molecule has 0 radical (unpaired) electrons. The molecule has 0 heterocycles. The zero-order chi connectivity index (χ0) is 12.8. The largest absolute Gasteiger partial charge is 0.492 e. The van der Waals surface area contributed by atoms with Crippen LogP contribution in [-0.4, -0.2) is 37.8 Å². The van der Waals surface area contributed by atoms with E-state index in [9.17, 15) is 9.59 Å². The minimum absolute atomic E-state index is 0.00485. The number of ether oxygens (including phenoxy) is 1. The van der Waals surface area contributed by atoms with Crippen molar-refractivity contribution in [3.63, 3.8) is 0 Å². The van der Waals surface area contributed by atoms with Crippen LogP contribution in [0.5, 0.6) is 5.75 Å². The zero-order valence-electron chi connectivity index (χ0n) is 9.77. The molecule has 0 fully saturated rings. The summed E-state index contributed by atoms with van der Waals surface area (Å²) in [6.45, 7) is 0.263. The Morgan fingerprint density at radius 3 is 2.76 bits per heavy atom. The molecule has 5 heteroatoms. The average molecular weight is 300 g/mol. The second-order valence-corrected chi connectivity index (χ2v) is 4.60. The van der Waals surface area contributed by atoms with Crippen LogP contribution < -0.4 is 4.74 Å². The summed E-state index contributed by atoms with van der Waals surface area (Å²) in [5, 5.41) is 0. The Labute approximate surface area is 109 Å². The van der Waals surface area contributed by atoms with Gasteiger partial charge in [0.2, 0.25) is 5.91 Å². The van der Waals surface area contributed by atoms with Crippen molar-refractivity contribution in [3.05, 3.63) is 28.2 Å². The van der Waals surface area contributed by atoms with Crippen molar-refractivity contribution in [3.8, 4) is 5.75 Å². The monoisotopic (exact) mass is 299 g/mol. The Morgan fingerprint density at radius 1 is 1.47 bits per heavy atom. The van der Waals surface area contributed by atoms with Crippen LogP contribution in [0.3, 0.4) is 0 Å². The number of rotatable bonds is 5. The van der Waals surface area contributed by atoms with Gasteiger partial charge >= 0.3 is 0 Å². The van der Waals surface area contributed by atoms with E-state index < -0.39 is 0 Å². The molecule has 0 aliphatic heterocycles. The number of hydrogen-bond donors (Lipinski definition) is 0. The second kappa shape index (κ2) is 6.39. The Hall–Kier alpha value is -1.36. The van der Waals surface area contributed by atoms with Gasteiger partial charge in [-0.1, -0.05) is 15.9 Å². The zero-order valence-corrected chi connectivity index (χ0v) is 11.4. The number of aldehydes is 1. The van der Waals surface area contributed by atoms with Crippen molar-refractivity contribution in [1.82, 2.24) is 4.90 Å². The second-order valence-electron chi connectivity index (χ2n) is 3.69. The summed E-state index contributed by atoms with van der Waals surface area (Å²) in [6.07, 6.45) is 1.02. The van der Waals surface area contributed by atoms with Gasteiger partial charge in [-0.15, -0.1) is 0 Å². The molecule has 1 aromatic rings. The van der Waals surface area contributed by atoms with Gasteiger partial charge in [0, 0.05) is 18.6 Å². The maximum absolute atomic E-state index is 11.3. The van der Waals surface area contributed by atoms with E-state index in [0.29, 0.717) is 17.7 Å². The Balaban J connectivity index is 2.57. The summed E-state index contributed by atoms with van der Waals surface area (Å²) in [6, 6.07) is 5.17. The van der Waals surface area contributed by atoms with E-state index in [0.717, 1.165) is 10.8 Å². The number of amides is 1. The third kappa shape index (κ3) is 4.19. The van der Waals surface area contributed by atoms with E-state index in [1.807, 2.05) is 0 Å². The summed E-state index contributed by atoms with van der Waals surface area (Å²) in [5.41, 5.74) is 0.469. The molecule has 1 amide bonds. The lowest BCUT2D eigenvalue weighted by molar-refractivity contribution is -0.129. The topological polar surface area (TPSA) is 46.6 Å². The van der Waals surface area contributed by atoms with Crippen LogP contribution in [0, 0.1) is 0 Å². The van der Waals surface area contributed by atoms with Gasteiger partial charge in [0.15, 0.2) is 6.29 Å². The van der Waals surface area contributed by atoms with Crippen LogP contribution in [0.15, 0.2) is 22.7 Å². The smallest absolute Gasteiger partial charge is 0.225 e. The average Bonchev–Trinajstić information content (AvgIpc) is 2.30. The molecule has 0 aliphatic rings. The lowest BCUT2D eigenvalue weighted by Gasteiger charge is -2.11. The third-order valence-electron chi connectivity index (χ3n) is 2.17. The fraction of sp³-hybridized carbons (Fsp3) is 0.333. The molecule has 0 saturated carbocycles. The molecule has 0 saturated heterocycles. The van der Waals surface area contributed by atoms with Gasteiger partial charge in [-0.2, -0.15) is 0 Å². The number of carbonyl (C=O) groups is 2. The first-order valence-corrected chi connectivity index (χ1v) is 5.91. The molecule has 0 aliphatic carbocycles. The molecular weight excluding hydrogens is 286 g/mol. The van der Waals surface area contributed by atoms with Crippen LogP contribution in [0.4, 0.5) is 0 Å². The number of nitrogens with zero attached hydrogens (tertiary/aromatic N) is 1. The van der Waals surface area contributed by atoms with Gasteiger partial charge in [-0.25, -0.2) is 0 Å². The minimum Gasteiger partial charge on any atom is -0.492 e. The highest BCUT2D eigenvalue weighted by atomic mass is 79.9. The summed E-state index contributed by atoms with van der Waals surface area (Å²) >= 11 is 3.27. The summed E-state index contributed by atoms with van der Waals surface area (Å²) in [5.74, 6) is 0.490. The van der Waals surface area contributed by atoms with Gasteiger partial charge in [0.25, 0.3) is 0 Å². The van der Waals surface area contributed by atoms with E-state index in [2.05, 4.69) is 15.9 Å². The number of benzene rings is 1. The van der Waals surface area contributed by atoms with Crippen molar-refractivity contribution in [1.29, 1.82) is 0 Å². The minimum atomic E-state index is -0.00485. The third-order valence-corrected chi connectivity index (χ3v) is 2.66. The van der Waals surface area contributed by atoms with Crippen LogP contribution in [0.1, 0.15) is 16.8 Å². The van der Waals surface area contributed by atoms with Crippen molar-refractivity contribution in [2.45, 2.75) is 6.42 Å². The van der Waals surface area contributed by atoms with Crippen molar-refractivity contribution in [2.24, 2.45) is 0 Å². The van der Waals surface area contributed by atoms with Crippen LogP contribution in [0.2, 0.25) is 0 Å². The van der Waals surface area contributed by atoms with Crippen LogP contribution >= 0.6 is 15.9 Å². The SMILES string of the molecule is CN(C)C(=O)CCOc1ccc(Br)cc1C=O. The lowest BCUT2D eigenvalue weighted by atomic mass is 10.2. The standard InChI is InChI=1S/C12H14BrNO3/c1-14(2)12(16)5-6-17-11-4-3-10(13)7-9(11)8-15/h3-4,7-8H,5-6H2,1-2H3. The molecule has 0 unspecified atom stereocenters. The molecule has 1 aromatic carbocycles. The predicted molar refractivity (Wildman–Crippen MR) is 68.3 cm³/mol. The van der Waals surface area contributed by atoms with Crippen LogP contribution in [-0.2, 0) is 4.79 Å². The first kappa shape index (κ1) is 13.7. The number of halogens is 1. The lowest BCUT2D eigenvalue weighted by Crippen LogP contribution is -2.23. The normalized spacial score (nSPS) is 9.82. The molecule has 4 nitrogen and oxygen atoms in total. The van der Waals surface area contributed by atoms with Gasteiger partial charge < -0.3 is 9.64 Å². The first-order valence-electron chi connectivity index (χ1n) is 5.12. The van der Waals surface area contributed by atoms with E-state index in [1.165, 1.54) is 4.90 Å². The fourth-order valence-corrected chi connectivity index (χ4v) is 1.59. The van der Waals surface area contributed by atoms with Crippen LogP contribution in [0.25, 0.3) is 0 Å². The van der Waals surface area contributed by atoms with Crippen molar-refractivity contribution < 1.29 is 14.3 Å². The highest BCUT2D eigenvalue weighted by Gasteiger charge is 2.07. The van der Waals surface area contributed by atoms with E-state index >= 15 is 0 Å². The Kier molecular flexibility index (Phi) is 5.15. The quantitative estimate of drug-likeness (QED) is 0.783. The fourth-order valence-electron chi connectivity index (χ4n) is 1.21. The molecule has 0 spiro atoms. The van der Waals surface area contributed by atoms with Gasteiger partial charge in [0.1, 0.15) is 5.75 Å². The number of carbonyl (C=O) groups excluding carboxylic acids is 2. The summed E-state index contributed by atoms with van der Waals surface area (Å²) in [4.78, 5) is 23.6. The predicted octanol–water partition coefficient (Wildman–Crippen LogP) is 2.12. The maximum atomic E-state index is 11.3. The number of hydrogen-bond acceptors (Lipinski definition) is 3. The highest BCUT2D eigenvalue weighted by Crippen LogP contribution is 2.21. The van der Waals surface area contributed by atoms with E-state index in [4.69, 9.17) is 4.74 Å². The Morgan fingerprint density at radius 2 is 2.18 bits per heavy atom. The molecule has 0 atom stereocenters. The molecule has 92 valence electrons. The van der Waals surface area contributed by atoms with E-state index in [1.54, 1.807) is 32.3 Å². The maximum Gasteiger partial charge on any atom is 0.225 e. The van der Waals surface area contributed by atoms with Gasteiger partial charge in [0.05, 0.1) is 18.6 Å². The molecular formula is C12H14BrNO3. The molecule has 17 heavy (non-hydrogen) atoms. The molecule has 0 bridgehead atoms. The molecule has 0 N–H and O–H groups in total. The Bertz CT molecular complexity index is 418. The summed E-state index contributed by atoms with van der Waals surface area (Å²) in [7, 11) is 3.39. The van der Waals surface area contributed by atoms with Gasteiger partial charge in [-0.3, -0.25) is 9.59 Å². The van der Waals surface area contributed by atoms with Crippen molar-refractivity contribution >= 4 is 28.1 Å². The molecule has 1 rings (SSSR count). The summed E-state index contributed by atoms with van der Waals surface area (Å²) < 4.78 is 6.22. The van der Waals surface area contributed by atoms with Crippen molar-refractivity contribution in [2.75, 3.05) is 20.7 Å². The van der Waals surface area contributed by atoms with E-state index in [-0.39, 0.29) is 12.5 Å². The first-order chi connectivity index (χ1) is 8.04. The molecule has 0 aromatic heterocycles. The van der Waals surface area contributed by atoms with Gasteiger partial charge in [-0.05, 0) is 18.2 Å². The highest BCUT2D eigenvalue weighted by molar-refractivity contribution is 9.10.